The maximum absolute atomic E-state index is 12.0. The van der Waals surface area contributed by atoms with Crippen molar-refractivity contribution in [1.82, 2.24) is 14.5 Å². The quantitative estimate of drug-likeness (QED) is 0.607. The zero-order valence-corrected chi connectivity index (χ0v) is 11.9. The SMILES string of the molecule is Cn1cc(CNS(=O)(=O)c2cc([N+](=O)[O-])c(N)s2)cn1. The van der Waals surface area contributed by atoms with Crippen LogP contribution in [0.15, 0.2) is 22.7 Å². The van der Waals surface area contributed by atoms with Gasteiger partial charge >= 0.3 is 5.69 Å². The van der Waals surface area contributed by atoms with Crippen molar-refractivity contribution >= 4 is 32.0 Å². The first kappa shape index (κ1) is 14.4. The van der Waals surface area contributed by atoms with Crippen molar-refractivity contribution in [2.24, 2.45) is 7.05 Å². The van der Waals surface area contributed by atoms with Gasteiger partial charge in [0, 0.05) is 31.4 Å². The van der Waals surface area contributed by atoms with Crippen molar-refractivity contribution in [2.75, 3.05) is 5.73 Å². The molecule has 0 amide bonds. The summed E-state index contributed by atoms with van der Waals surface area (Å²) in [5.74, 6) is 0. The Morgan fingerprint density at radius 2 is 2.30 bits per heavy atom. The van der Waals surface area contributed by atoms with Crippen molar-refractivity contribution in [3.05, 3.63) is 34.1 Å². The van der Waals surface area contributed by atoms with Gasteiger partial charge in [-0.2, -0.15) is 5.10 Å². The number of nitrogens with zero attached hydrogens (tertiary/aromatic N) is 3. The van der Waals surface area contributed by atoms with E-state index in [9.17, 15) is 18.5 Å². The summed E-state index contributed by atoms with van der Waals surface area (Å²) in [5.41, 5.74) is 5.69. The summed E-state index contributed by atoms with van der Waals surface area (Å²) in [6.45, 7) is 0.0434. The molecule has 2 rings (SSSR count). The van der Waals surface area contributed by atoms with Gasteiger partial charge in [0.15, 0.2) is 5.00 Å². The molecule has 0 radical (unpaired) electrons. The highest BCUT2D eigenvalue weighted by Crippen LogP contribution is 2.34. The van der Waals surface area contributed by atoms with Gasteiger partial charge in [-0.15, -0.1) is 0 Å². The van der Waals surface area contributed by atoms with E-state index in [0.29, 0.717) is 16.9 Å². The zero-order valence-electron chi connectivity index (χ0n) is 10.3. The number of nitrogen functional groups attached to an aromatic ring is 1. The average molecular weight is 317 g/mol. The number of nitro groups is 1. The standard InChI is InChI=1S/C9H11N5O4S2/c1-13-5-6(3-11-13)4-12-20(17,18)8-2-7(14(15)16)9(10)19-8/h2-3,5,12H,4,10H2,1H3. The number of hydrogen-bond donors (Lipinski definition) is 2. The number of aryl methyl sites for hydroxylation is 1. The van der Waals surface area contributed by atoms with Gasteiger partial charge in [0.05, 0.1) is 11.1 Å². The topological polar surface area (TPSA) is 133 Å². The molecule has 11 heteroatoms. The summed E-state index contributed by atoms with van der Waals surface area (Å²) < 4.78 is 27.7. The third kappa shape index (κ3) is 2.95. The number of thiophene rings is 1. The molecule has 2 aromatic rings. The minimum Gasteiger partial charge on any atom is -0.385 e. The summed E-state index contributed by atoms with van der Waals surface area (Å²) in [6.07, 6.45) is 3.18. The third-order valence-electron chi connectivity index (χ3n) is 2.40. The lowest BCUT2D eigenvalue weighted by Gasteiger charge is -2.01. The smallest absolute Gasteiger partial charge is 0.304 e. The first-order chi connectivity index (χ1) is 9.29. The van der Waals surface area contributed by atoms with E-state index < -0.39 is 20.6 Å². The van der Waals surface area contributed by atoms with Gasteiger partial charge in [0.25, 0.3) is 10.0 Å². The molecular weight excluding hydrogens is 306 g/mol. The summed E-state index contributed by atoms with van der Waals surface area (Å²) in [4.78, 5) is 9.93. The van der Waals surface area contributed by atoms with Crippen molar-refractivity contribution in [1.29, 1.82) is 0 Å². The van der Waals surface area contributed by atoms with E-state index in [1.54, 1.807) is 13.2 Å². The van der Waals surface area contributed by atoms with Gasteiger partial charge in [-0.25, -0.2) is 13.1 Å². The fourth-order valence-corrected chi connectivity index (χ4v) is 3.74. The zero-order chi connectivity index (χ0) is 14.9. The lowest BCUT2D eigenvalue weighted by atomic mass is 10.4. The molecule has 2 heterocycles. The van der Waals surface area contributed by atoms with Gasteiger partial charge in [-0.3, -0.25) is 14.8 Å². The maximum atomic E-state index is 12.0. The lowest BCUT2D eigenvalue weighted by Crippen LogP contribution is -2.22. The molecule has 0 saturated heterocycles. The van der Waals surface area contributed by atoms with Gasteiger partial charge in [-0.1, -0.05) is 11.3 Å². The van der Waals surface area contributed by atoms with Crippen LogP contribution in [0.4, 0.5) is 10.7 Å². The van der Waals surface area contributed by atoms with E-state index >= 15 is 0 Å². The van der Waals surface area contributed by atoms with Gasteiger partial charge in [0.2, 0.25) is 0 Å². The second-order valence-electron chi connectivity index (χ2n) is 3.92. The second kappa shape index (κ2) is 5.19. The van der Waals surface area contributed by atoms with Crippen LogP contribution < -0.4 is 10.5 Å². The molecule has 0 aliphatic heterocycles. The predicted octanol–water partition coefficient (Wildman–Crippen LogP) is 0.451. The molecule has 0 aliphatic carbocycles. The molecule has 0 aliphatic rings. The van der Waals surface area contributed by atoms with Crippen molar-refractivity contribution < 1.29 is 13.3 Å². The fraction of sp³-hybridized carbons (Fsp3) is 0.222. The normalized spacial score (nSPS) is 11.7. The van der Waals surface area contributed by atoms with Crippen LogP contribution in [0.3, 0.4) is 0 Å². The van der Waals surface area contributed by atoms with Crippen molar-refractivity contribution in [3.8, 4) is 0 Å². The monoisotopic (exact) mass is 317 g/mol. The van der Waals surface area contributed by atoms with E-state index in [1.165, 1.54) is 10.9 Å². The number of nitrogens with one attached hydrogen (secondary N) is 1. The number of rotatable bonds is 5. The molecule has 9 nitrogen and oxygen atoms in total. The van der Waals surface area contributed by atoms with E-state index in [2.05, 4.69) is 9.82 Å². The number of anilines is 1. The second-order valence-corrected chi connectivity index (χ2v) is 7.00. The molecule has 0 spiro atoms. The first-order valence-corrected chi connectivity index (χ1v) is 7.60. The Morgan fingerprint density at radius 1 is 1.60 bits per heavy atom. The molecule has 108 valence electrons. The Balaban J connectivity index is 2.18. The number of aromatic nitrogens is 2. The Bertz CT molecular complexity index is 748. The predicted molar refractivity (Wildman–Crippen MR) is 72.6 cm³/mol. The van der Waals surface area contributed by atoms with E-state index in [0.717, 1.165) is 6.07 Å². The van der Waals surface area contributed by atoms with Crippen LogP contribution in [0.25, 0.3) is 0 Å². The molecule has 3 N–H and O–H groups in total. The van der Waals surface area contributed by atoms with Crippen LogP contribution in [-0.2, 0) is 23.6 Å². The maximum Gasteiger partial charge on any atom is 0.304 e. The molecule has 0 aromatic carbocycles. The van der Waals surface area contributed by atoms with Crippen molar-refractivity contribution in [3.63, 3.8) is 0 Å². The average Bonchev–Trinajstić information content (AvgIpc) is 2.93. The molecule has 2 aromatic heterocycles. The molecule has 0 atom stereocenters. The van der Waals surface area contributed by atoms with E-state index in [1.807, 2.05) is 0 Å². The van der Waals surface area contributed by atoms with Crippen LogP contribution in [-0.4, -0.2) is 23.1 Å². The molecule has 0 saturated carbocycles. The minimum atomic E-state index is -3.84. The van der Waals surface area contributed by atoms with Crippen LogP contribution in [0, 0.1) is 10.1 Å². The van der Waals surface area contributed by atoms with E-state index in [-0.39, 0.29) is 15.8 Å². The summed E-state index contributed by atoms with van der Waals surface area (Å²) in [6, 6.07) is 0.950. The molecule has 0 unspecified atom stereocenters. The molecule has 20 heavy (non-hydrogen) atoms. The van der Waals surface area contributed by atoms with Crippen LogP contribution in [0.1, 0.15) is 5.56 Å². The van der Waals surface area contributed by atoms with E-state index in [4.69, 9.17) is 5.73 Å². The molecule has 0 bridgehead atoms. The van der Waals surface area contributed by atoms with Crippen molar-refractivity contribution in [2.45, 2.75) is 10.8 Å². The highest BCUT2D eigenvalue weighted by atomic mass is 32.2. The number of nitrogens with two attached hydrogens (primary N) is 1. The van der Waals surface area contributed by atoms with Crippen LogP contribution >= 0.6 is 11.3 Å². The largest absolute Gasteiger partial charge is 0.385 e. The molecular formula is C9H11N5O4S2. The Morgan fingerprint density at radius 3 is 2.80 bits per heavy atom. The number of hydrogen-bond acceptors (Lipinski definition) is 7. The lowest BCUT2D eigenvalue weighted by molar-refractivity contribution is -0.383. The van der Waals surface area contributed by atoms with Gasteiger partial charge in [0.1, 0.15) is 4.21 Å². The fourth-order valence-electron chi connectivity index (χ4n) is 1.46. The summed E-state index contributed by atoms with van der Waals surface area (Å²) in [5, 5.41) is 14.4. The summed E-state index contributed by atoms with van der Waals surface area (Å²) >= 11 is 0.655. The highest BCUT2D eigenvalue weighted by molar-refractivity contribution is 7.91. The Hall–Kier alpha value is -1.98. The van der Waals surface area contributed by atoms with Gasteiger partial charge in [-0.05, 0) is 0 Å². The minimum absolute atomic E-state index is 0.0434. The van der Waals surface area contributed by atoms with Crippen LogP contribution in [0.2, 0.25) is 0 Å². The first-order valence-electron chi connectivity index (χ1n) is 5.30. The van der Waals surface area contributed by atoms with Gasteiger partial charge < -0.3 is 5.73 Å². The number of sulfonamides is 1. The third-order valence-corrected chi connectivity index (χ3v) is 5.23. The summed E-state index contributed by atoms with van der Waals surface area (Å²) in [7, 11) is -2.13. The highest BCUT2D eigenvalue weighted by Gasteiger charge is 2.24. The van der Waals surface area contributed by atoms with Crippen LogP contribution in [0.5, 0.6) is 0 Å². The Labute approximate surface area is 118 Å². The Kier molecular flexibility index (Phi) is 3.74. The molecule has 0 fully saturated rings.